The molecule has 94 valence electrons. The Hall–Kier alpha value is -0.860. The minimum atomic E-state index is 0.706. The van der Waals surface area contributed by atoms with Crippen molar-refractivity contribution in [2.75, 3.05) is 7.11 Å². The predicted octanol–water partition coefficient (Wildman–Crippen LogP) is 3.26. The molecule has 0 saturated heterocycles. The summed E-state index contributed by atoms with van der Waals surface area (Å²) in [6.07, 6.45) is 6.89. The summed E-state index contributed by atoms with van der Waals surface area (Å²) in [5, 5.41) is 3.67. The van der Waals surface area contributed by atoms with Gasteiger partial charge in [-0.3, -0.25) is 0 Å². The van der Waals surface area contributed by atoms with Gasteiger partial charge in [0.25, 0.3) is 0 Å². The molecule has 0 unspecified atom stereocenters. The van der Waals surface area contributed by atoms with Crippen molar-refractivity contribution in [2.45, 2.75) is 51.3 Å². The van der Waals surface area contributed by atoms with Crippen LogP contribution in [0.5, 0.6) is 0 Å². The first-order chi connectivity index (χ1) is 8.38. The van der Waals surface area contributed by atoms with E-state index in [0.717, 1.165) is 12.6 Å². The van der Waals surface area contributed by atoms with Crippen molar-refractivity contribution in [2.24, 2.45) is 0 Å². The molecule has 0 amide bonds. The van der Waals surface area contributed by atoms with Crippen LogP contribution in [0.25, 0.3) is 0 Å². The largest absolute Gasteiger partial charge is 0.380 e. The zero-order valence-corrected chi connectivity index (χ0v) is 10.7. The Kier molecular flexibility index (Phi) is 5.02. The normalized spacial score (nSPS) is 17.2. The molecule has 0 radical (unpaired) electrons. The number of hydrogen-bond acceptors (Lipinski definition) is 2. The Labute approximate surface area is 104 Å². The molecule has 1 aliphatic rings. The summed E-state index contributed by atoms with van der Waals surface area (Å²) in [6.45, 7) is 1.69. The van der Waals surface area contributed by atoms with E-state index in [1.54, 1.807) is 7.11 Å². The summed E-state index contributed by atoms with van der Waals surface area (Å²) < 4.78 is 5.16. The van der Waals surface area contributed by atoms with E-state index in [-0.39, 0.29) is 0 Å². The van der Waals surface area contributed by atoms with Crippen LogP contribution in [0.3, 0.4) is 0 Å². The van der Waals surface area contributed by atoms with Gasteiger partial charge in [0.05, 0.1) is 6.61 Å². The molecule has 1 aromatic rings. The topological polar surface area (TPSA) is 21.3 Å². The molecule has 0 aliphatic heterocycles. The SMILES string of the molecule is COCc1cccc(CNC2CCCCC2)c1. The van der Waals surface area contributed by atoms with Crippen molar-refractivity contribution in [3.05, 3.63) is 35.4 Å². The molecule has 1 aliphatic carbocycles. The smallest absolute Gasteiger partial charge is 0.0713 e. The monoisotopic (exact) mass is 233 g/mol. The van der Waals surface area contributed by atoms with Gasteiger partial charge in [-0.05, 0) is 24.0 Å². The molecule has 0 bridgehead atoms. The van der Waals surface area contributed by atoms with Crippen LogP contribution in [0.2, 0.25) is 0 Å². The highest BCUT2D eigenvalue weighted by molar-refractivity contribution is 5.22. The second kappa shape index (κ2) is 6.77. The van der Waals surface area contributed by atoms with E-state index in [4.69, 9.17) is 4.74 Å². The zero-order valence-electron chi connectivity index (χ0n) is 10.7. The van der Waals surface area contributed by atoms with Crippen molar-refractivity contribution in [1.82, 2.24) is 5.32 Å². The second-order valence-corrected chi connectivity index (χ2v) is 4.97. The molecule has 1 saturated carbocycles. The molecule has 1 fully saturated rings. The van der Waals surface area contributed by atoms with Crippen molar-refractivity contribution in [3.63, 3.8) is 0 Å². The molecule has 0 heterocycles. The maximum atomic E-state index is 5.16. The van der Waals surface area contributed by atoms with E-state index in [1.165, 1.54) is 43.2 Å². The number of hydrogen-bond donors (Lipinski definition) is 1. The number of methoxy groups -OCH3 is 1. The highest BCUT2D eigenvalue weighted by atomic mass is 16.5. The van der Waals surface area contributed by atoms with E-state index in [1.807, 2.05) is 0 Å². The van der Waals surface area contributed by atoms with Gasteiger partial charge in [0.15, 0.2) is 0 Å². The lowest BCUT2D eigenvalue weighted by atomic mass is 9.95. The van der Waals surface area contributed by atoms with Crippen LogP contribution in [0.15, 0.2) is 24.3 Å². The molecule has 0 aromatic heterocycles. The second-order valence-electron chi connectivity index (χ2n) is 4.97. The molecule has 2 rings (SSSR count). The van der Waals surface area contributed by atoms with Crippen molar-refractivity contribution in [1.29, 1.82) is 0 Å². The lowest BCUT2D eigenvalue weighted by Gasteiger charge is -2.23. The summed E-state index contributed by atoms with van der Waals surface area (Å²) in [5.41, 5.74) is 2.63. The first-order valence-electron chi connectivity index (χ1n) is 6.68. The van der Waals surface area contributed by atoms with Gasteiger partial charge >= 0.3 is 0 Å². The fraction of sp³-hybridized carbons (Fsp3) is 0.600. The van der Waals surface area contributed by atoms with Crippen LogP contribution in [0, 0.1) is 0 Å². The third-order valence-corrected chi connectivity index (χ3v) is 3.50. The minimum absolute atomic E-state index is 0.706. The quantitative estimate of drug-likeness (QED) is 0.843. The van der Waals surface area contributed by atoms with Crippen molar-refractivity contribution in [3.8, 4) is 0 Å². The first-order valence-corrected chi connectivity index (χ1v) is 6.68. The molecule has 2 nitrogen and oxygen atoms in total. The molecule has 2 heteroatoms. The fourth-order valence-electron chi connectivity index (χ4n) is 2.56. The van der Waals surface area contributed by atoms with Gasteiger partial charge in [0.1, 0.15) is 0 Å². The van der Waals surface area contributed by atoms with Gasteiger partial charge in [0, 0.05) is 19.7 Å². The van der Waals surface area contributed by atoms with E-state index >= 15 is 0 Å². The summed E-state index contributed by atoms with van der Waals surface area (Å²) in [7, 11) is 1.74. The van der Waals surface area contributed by atoms with Crippen LogP contribution in [0.1, 0.15) is 43.2 Å². The van der Waals surface area contributed by atoms with Crippen molar-refractivity contribution < 1.29 is 4.74 Å². The van der Waals surface area contributed by atoms with Crippen LogP contribution in [-0.4, -0.2) is 13.2 Å². The average molecular weight is 233 g/mol. The van der Waals surface area contributed by atoms with E-state index in [2.05, 4.69) is 29.6 Å². The fourth-order valence-corrected chi connectivity index (χ4v) is 2.56. The summed E-state index contributed by atoms with van der Waals surface area (Å²) in [5.74, 6) is 0. The van der Waals surface area contributed by atoms with Crippen LogP contribution < -0.4 is 5.32 Å². The Morgan fingerprint density at radius 3 is 2.71 bits per heavy atom. The Morgan fingerprint density at radius 1 is 1.18 bits per heavy atom. The molecule has 17 heavy (non-hydrogen) atoms. The van der Waals surface area contributed by atoms with Gasteiger partial charge in [0.2, 0.25) is 0 Å². The van der Waals surface area contributed by atoms with Gasteiger partial charge in [-0.25, -0.2) is 0 Å². The molecule has 1 N–H and O–H groups in total. The van der Waals surface area contributed by atoms with Crippen LogP contribution >= 0.6 is 0 Å². The summed E-state index contributed by atoms with van der Waals surface area (Å²) >= 11 is 0. The average Bonchev–Trinajstić information content (AvgIpc) is 2.39. The van der Waals surface area contributed by atoms with E-state index in [0.29, 0.717) is 6.61 Å². The third kappa shape index (κ3) is 4.14. The van der Waals surface area contributed by atoms with Gasteiger partial charge in [-0.2, -0.15) is 0 Å². The van der Waals surface area contributed by atoms with Crippen molar-refractivity contribution >= 4 is 0 Å². The highest BCUT2D eigenvalue weighted by Gasteiger charge is 2.12. The van der Waals surface area contributed by atoms with Crippen LogP contribution in [-0.2, 0) is 17.9 Å². The van der Waals surface area contributed by atoms with Gasteiger partial charge < -0.3 is 10.1 Å². The molecular weight excluding hydrogens is 210 g/mol. The standard InChI is InChI=1S/C15H23NO/c1-17-12-14-7-5-6-13(10-14)11-16-15-8-3-2-4-9-15/h5-7,10,15-16H,2-4,8-9,11-12H2,1H3. The van der Waals surface area contributed by atoms with E-state index < -0.39 is 0 Å². The Bertz CT molecular complexity index is 331. The Balaban J connectivity index is 1.83. The molecule has 0 spiro atoms. The number of benzene rings is 1. The number of nitrogens with one attached hydrogen (secondary N) is 1. The summed E-state index contributed by atoms with van der Waals surface area (Å²) in [6, 6.07) is 9.39. The van der Waals surface area contributed by atoms with Gasteiger partial charge in [-0.15, -0.1) is 0 Å². The Morgan fingerprint density at radius 2 is 1.94 bits per heavy atom. The number of ether oxygens (including phenoxy) is 1. The third-order valence-electron chi connectivity index (χ3n) is 3.50. The number of rotatable bonds is 5. The van der Waals surface area contributed by atoms with E-state index in [9.17, 15) is 0 Å². The highest BCUT2D eigenvalue weighted by Crippen LogP contribution is 2.18. The molecule has 0 atom stereocenters. The maximum Gasteiger partial charge on any atom is 0.0713 e. The molecular formula is C15H23NO. The predicted molar refractivity (Wildman–Crippen MR) is 70.9 cm³/mol. The summed E-state index contributed by atoms with van der Waals surface area (Å²) in [4.78, 5) is 0. The molecule has 1 aromatic carbocycles. The zero-order chi connectivity index (χ0) is 11.9. The van der Waals surface area contributed by atoms with Gasteiger partial charge in [-0.1, -0.05) is 43.5 Å². The minimum Gasteiger partial charge on any atom is -0.380 e. The first kappa shape index (κ1) is 12.6. The lowest BCUT2D eigenvalue weighted by Crippen LogP contribution is -2.30. The maximum absolute atomic E-state index is 5.16. The van der Waals surface area contributed by atoms with Crippen LogP contribution in [0.4, 0.5) is 0 Å². The lowest BCUT2D eigenvalue weighted by molar-refractivity contribution is 0.185.